The van der Waals surface area contributed by atoms with Crippen LogP contribution in [0.1, 0.15) is 56.6 Å². The summed E-state index contributed by atoms with van der Waals surface area (Å²) >= 11 is 0. The third-order valence-electron chi connectivity index (χ3n) is 6.99. The summed E-state index contributed by atoms with van der Waals surface area (Å²) in [5, 5.41) is 14.9. The molecule has 4 rings (SSSR count). The Morgan fingerprint density at radius 3 is 2.03 bits per heavy atom. The van der Waals surface area contributed by atoms with Gasteiger partial charge in [0.15, 0.2) is 0 Å². The fourth-order valence-electron chi connectivity index (χ4n) is 5.09. The summed E-state index contributed by atoms with van der Waals surface area (Å²) in [4.78, 5) is 36.4. The van der Waals surface area contributed by atoms with Gasteiger partial charge in [-0.2, -0.15) is 0 Å². The summed E-state index contributed by atoms with van der Waals surface area (Å²) in [6, 6.07) is 15.5. The van der Waals surface area contributed by atoms with Gasteiger partial charge in [-0.15, -0.1) is 0 Å². The van der Waals surface area contributed by atoms with Crippen LogP contribution in [0.3, 0.4) is 0 Å². The number of carboxylic acids is 1. The molecule has 0 bridgehead atoms. The molecule has 1 fully saturated rings. The molecule has 2 aromatic carbocycles. The zero-order valence-corrected chi connectivity index (χ0v) is 19.6. The standard InChI is InChI=1S/C27H32N2O5/c1-16(2)24(26(31)32)29-25(30)17-11-13-18(14-12-17)28-27(33)34-15-23-21-9-5-3-7-19(21)20-8-4-6-10-22(20)23/h3-10,16-18,23-24H,11-15H2,1-2H3,(H,28,33)(H,29,30)(H,31,32). The second-order valence-corrected chi connectivity index (χ2v) is 9.59. The van der Waals surface area contributed by atoms with Crippen LogP contribution in [0.2, 0.25) is 0 Å². The molecule has 0 radical (unpaired) electrons. The van der Waals surface area contributed by atoms with E-state index >= 15 is 0 Å². The fourth-order valence-corrected chi connectivity index (χ4v) is 5.09. The Kier molecular flexibility index (Phi) is 7.20. The third kappa shape index (κ3) is 5.08. The number of amides is 2. The Morgan fingerprint density at radius 1 is 0.941 bits per heavy atom. The quantitative estimate of drug-likeness (QED) is 0.566. The zero-order chi connectivity index (χ0) is 24.2. The monoisotopic (exact) mass is 464 g/mol. The Morgan fingerprint density at radius 2 is 1.50 bits per heavy atom. The molecule has 1 saturated carbocycles. The molecule has 0 aliphatic heterocycles. The number of aliphatic carboxylic acids is 1. The van der Waals surface area contributed by atoms with Crippen molar-refractivity contribution in [2.75, 3.05) is 6.61 Å². The number of ether oxygens (including phenoxy) is 1. The summed E-state index contributed by atoms with van der Waals surface area (Å²) in [7, 11) is 0. The molecule has 7 nitrogen and oxygen atoms in total. The first-order valence-corrected chi connectivity index (χ1v) is 12.0. The van der Waals surface area contributed by atoms with Crippen molar-refractivity contribution in [1.82, 2.24) is 10.6 Å². The number of alkyl carbamates (subject to hydrolysis) is 1. The van der Waals surface area contributed by atoms with E-state index in [0.717, 1.165) is 0 Å². The molecule has 2 aliphatic rings. The Labute approximate surface area is 199 Å². The first-order chi connectivity index (χ1) is 16.3. The van der Waals surface area contributed by atoms with Gasteiger partial charge in [0.1, 0.15) is 12.6 Å². The van der Waals surface area contributed by atoms with Crippen LogP contribution in [0.5, 0.6) is 0 Å². The second-order valence-electron chi connectivity index (χ2n) is 9.59. The van der Waals surface area contributed by atoms with Gasteiger partial charge in [-0.05, 0) is 53.9 Å². The molecule has 0 heterocycles. The van der Waals surface area contributed by atoms with E-state index in [-0.39, 0.29) is 36.3 Å². The molecule has 34 heavy (non-hydrogen) atoms. The topological polar surface area (TPSA) is 105 Å². The molecule has 2 aromatic rings. The number of carboxylic acid groups (broad SMARTS) is 1. The fraction of sp³-hybridized carbons (Fsp3) is 0.444. The van der Waals surface area contributed by atoms with E-state index < -0.39 is 18.1 Å². The van der Waals surface area contributed by atoms with Crippen molar-refractivity contribution < 1.29 is 24.2 Å². The Bertz CT molecular complexity index is 1010. The van der Waals surface area contributed by atoms with E-state index in [1.54, 1.807) is 13.8 Å². The predicted octanol–water partition coefficient (Wildman–Crippen LogP) is 4.31. The average molecular weight is 465 g/mol. The van der Waals surface area contributed by atoms with Gasteiger partial charge in [-0.1, -0.05) is 62.4 Å². The van der Waals surface area contributed by atoms with Crippen molar-refractivity contribution >= 4 is 18.0 Å². The van der Waals surface area contributed by atoms with Gasteiger partial charge < -0.3 is 20.5 Å². The van der Waals surface area contributed by atoms with E-state index in [4.69, 9.17) is 4.74 Å². The van der Waals surface area contributed by atoms with Gasteiger partial charge in [-0.25, -0.2) is 9.59 Å². The molecular formula is C27H32N2O5. The number of hydrogen-bond donors (Lipinski definition) is 3. The lowest BCUT2D eigenvalue weighted by molar-refractivity contribution is -0.144. The number of fused-ring (bicyclic) bond motifs is 3. The van der Waals surface area contributed by atoms with Crippen molar-refractivity contribution in [3.8, 4) is 11.1 Å². The van der Waals surface area contributed by atoms with Gasteiger partial charge in [0.25, 0.3) is 0 Å². The number of hydrogen-bond acceptors (Lipinski definition) is 4. The van der Waals surface area contributed by atoms with Crippen LogP contribution in [-0.2, 0) is 14.3 Å². The van der Waals surface area contributed by atoms with Crippen LogP contribution in [0, 0.1) is 11.8 Å². The van der Waals surface area contributed by atoms with Crippen LogP contribution >= 0.6 is 0 Å². The van der Waals surface area contributed by atoms with Crippen LogP contribution in [0.15, 0.2) is 48.5 Å². The highest BCUT2D eigenvalue weighted by Crippen LogP contribution is 2.44. The molecule has 0 spiro atoms. The molecule has 0 aromatic heterocycles. The summed E-state index contributed by atoms with van der Waals surface area (Å²) in [6.07, 6.45) is 2.07. The van der Waals surface area contributed by atoms with Crippen LogP contribution in [0.25, 0.3) is 11.1 Å². The van der Waals surface area contributed by atoms with Crippen molar-refractivity contribution in [2.24, 2.45) is 11.8 Å². The number of carbonyl (C=O) groups is 3. The number of nitrogens with one attached hydrogen (secondary N) is 2. The minimum atomic E-state index is -1.02. The lowest BCUT2D eigenvalue weighted by atomic mass is 9.85. The van der Waals surface area contributed by atoms with E-state index in [2.05, 4.69) is 34.9 Å². The number of carbonyl (C=O) groups excluding carboxylic acids is 2. The molecule has 0 saturated heterocycles. The van der Waals surface area contributed by atoms with Gasteiger partial charge in [0.2, 0.25) is 5.91 Å². The average Bonchev–Trinajstić information content (AvgIpc) is 3.15. The van der Waals surface area contributed by atoms with Crippen molar-refractivity contribution in [2.45, 2.75) is 57.5 Å². The first-order valence-electron chi connectivity index (χ1n) is 12.0. The maximum atomic E-state index is 12.5. The lowest BCUT2D eigenvalue weighted by Gasteiger charge is -2.29. The SMILES string of the molecule is CC(C)C(NC(=O)C1CCC(NC(=O)OCC2c3ccccc3-c3ccccc32)CC1)C(=O)O. The summed E-state index contributed by atoms with van der Waals surface area (Å²) in [6.45, 7) is 3.81. The lowest BCUT2D eigenvalue weighted by Crippen LogP contribution is -2.48. The molecule has 7 heteroatoms. The van der Waals surface area contributed by atoms with E-state index in [9.17, 15) is 19.5 Å². The highest BCUT2D eigenvalue weighted by atomic mass is 16.5. The largest absolute Gasteiger partial charge is 0.480 e. The van der Waals surface area contributed by atoms with Crippen molar-refractivity contribution in [3.05, 3.63) is 59.7 Å². The normalized spacial score (nSPS) is 20.2. The highest BCUT2D eigenvalue weighted by Gasteiger charge is 2.32. The van der Waals surface area contributed by atoms with Crippen LogP contribution in [-0.4, -0.2) is 41.8 Å². The maximum absolute atomic E-state index is 12.5. The third-order valence-corrected chi connectivity index (χ3v) is 6.99. The number of rotatable bonds is 7. The summed E-state index contributed by atoms with van der Waals surface area (Å²) in [5.41, 5.74) is 4.71. The zero-order valence-electron chi connectivity index (χ0n) is 19.6. The molecule has 3 N–H and O–H groups in total. The Balaban J connectivity index is 1.26. The number of benzene rings is 2. The van der Waals surface area contributed by atoms with E-state index in [0.29, 0.717) is 25.7 Å². The van der Waals surface area contributed by atoms with Gasteiger partial charge >= 0.3 is 12.1 Å². The molecule has 2 aliphatic carbocycles. The summed E-state index contributed by atoms with van der Waals surface area (Å²) < 4.78 is 5.63. The van der Waals surface area contributed by atoms with E-state index in [1.807, 2.05) is 24.3 Å². The van der Waals surface area contributed by atoms with E-state index in [1.165, 1.54) is 22.3 Å². The summed E-state index contributed by atoms with van der Waals surface area (Å²) in [5.74, 6) is -1.65. The van der Waals surface area contributed by atoms with Gasteiger partial charge in [0, 0.05) is 17.9 Å². The van der Waals surface area contributed by atoms with Gasteiger partial charge in [-0.3, -0.25) is 4.79 Å². The molecule has 1 atom stereocenters. The van der Waals surface area contributed by atoms with Crippen LogP contribution in [0.4, 0.5) is 4.79 Å². The molecular weight excluding hydrogens is 432 g/mol. The molecule has 180 valence electrons. The van der Waals surface area contributed by atoms with Crippen molar-refractivity contribution in [3.63, 3.8) is 0 Å². The second kappa shape index (κ2) is 10.3. The Hall–Kier alpha value is -3.35. The van der Waals surface area contributed by atoms with Crippen LogP contribution < -0.4 is 10.6 Å². The molecule has 1 unspecified atom stereocenters. The van der Waals surface area contributed by atoms with Gasteiger partial charge in [0.05, 0.1) is 0 Å². The minimum Gasteiger partial charge on any atom is -0.480 e. The smallest absolute Gasteiger partial charge is 0.407 e. The first kappa shape index (κ1) is 23.8. The maximum Gasteiger partial charge on any atom is 0.407 e. The van der Waals surface area contributed by atoms with Crippen molar-refractivity contribution in [1.29, 1.82) is 0 Å². The highest BCUT2D eigenvalue weighted by molar-refractivity contribution is 5.85. The molecule has 2 amide bonds. The minimum absolute atomic E-state index is 0.0146. The predicted molar refractivity (Wildman–Crippen MR) is 128 cm³/mol.